The zero-order chi connectivity index (χ0) is 54.3. The molecule has 2 fully saturated rings. The number of nitrogens with zero attached hydrogens (tertiary/aromatic N) is 1. The second-order valence-electron chi connectivity index (χ2n) is 17.6. The number of likely N-dealkylation sites (tertiary alicyclic amines) is 1. The Balaban J connectivity index is 1.72. The number of benzene rings is 2. The molecule has 2 aliphatic heterocycles. The predicted molar refractivity (Wildman–Crippen MR) is 273 cm³/mol. The van der Waals surface area contributed by atoms with Crippen LogP contribution in [-0.4, -0.2) is 156 Å². The Hall–Kier alpha value is -6.97. The van der Waals surface area contributed by atoms with E-state index in [1.165, 1.54) is 12.0 Å². The molecule has 404 valence electrons. The van der Waals surface area contributed by atoms with Crippen molar-refractivity contribution < 1.29 is 57.5 Å². The quantitative estimate of drug-likeness (QED) is 0.0444. The van der Waals surface area contributed by atoms with Crippen molar-refractivity contribution in [2.24, 2.45) is 28.7 Å². The van der Waals surface area contributed by atoms with Crippen molar-refractivity contribution in [2.75, 3.05) is 38.2 Å². The van der Waals surface area contributed by atoms with Crippen molar-refractivity contribution in [3.63, 3.8) is 0 Å². The first-order valence-electron chi connectivity index (χ1n) is 23.9. The van der Waals surface area contributed by atoms with Gasteiger partial charge in [-0.3, -0.25) is 52.7 Å². The second kappa shape index (κ2) is 30.3. The van der Waals surface area contributed by atoms with Crippen molar-refractivity contribution in [3.8, 4) is 5.75 Å². The van der Waals surface area contributed by atoms with E-state index in [9.17, 15) is 52.7 Å². The number of methoxy groups -OCH3 is 1. The SMILES string of the molecule is COc1ccc(C[C@@H]2NC(=O)[C@@H](N)CSSC[C@@H](C(=O)N3CCC[C@H]3C(=O)N[C@@H](CCCCN)C(=O)NCC(N)=O)NC(=O)[C@H](CC(N)=O)NC(=O)[C@H](CCC(N)=O)NC(=O)[C@H](Cc3ccccc3)NC2=O)cc1. The molecule has 0 saturated carbocycles. The van der Waals surface area contributed by atoms with E-state index in [0.717, 1.165) is 21.6 Å². The summed E-state index contributed by atoms with van der Waals surface area (Å²) in [5, 5.41) is 18.0. The van der Waals surface area contributed by atoms with E-state index < -0.39 is 139 Å². The Morgan fingerprint density at radius 1 is 0.716 bits per heavy atom. The summed E-state index contributed by atoms with van der Waals surface area (Å²) in [4.78, 5) is 149. The maximum Gasteiger partial charge on any atom is 0.246 e. The number of unbranched alkanes of at least 4 members (excludes halogenated alkanes) is 1. The Morgan fingerprint density at radius 2 is 1.30 bits per heavy atom. The van der Waals surface area contributed by atoms with Gasteiger partial charge < -0.3 is 75.5 Å². The summed E-state index contributed by atoms with van der Waals surface area (Å²) in [6.45, 7) is -0.134. The van der Waals surface area contributed by atoms with Gasteiger partial charge in [0.1, 0.15) is 48.0 Å². The summed E-state index contributed by atoms with van der Waals surface area (Å²) >= 11 is 0. The number of hydrogen-bond acceptors (Lipinski definition) is 16. The molecule has 2 aliphatic rings. The average molecular weight is 1070 g/mol. The number of nitrogens with one attached hydrogen (secondary N) is 7. The van der Waals surface area contributed by atoms with Crippen molar-refractivity contribution in [1.82, 2.24) is 42.1 Å². The lowest BCUT2D eigenvalue weighted by Crippen LogP contribution is -2.61. The summed E-state index contributed by atoms with van der Waals surface area (Å²) in [5.41, 5.74) is 29.4. The Kier molecular flexibility index (Phi) is 24.4. The van der Waals surface area contributed by atoms with Crippen molar-refractivity contribution >= 4 is 86.6 Å². The molecule has 2 saturated heterocycles. The Bertz CT molecular complexity index is 2320. The molecule has 0 aliphatic carbocycles. The zero-order valence-electron chi connectivity index (χ0n) is 41.0. The van der Waals surface area contributed by atoms with Gasteiger partial charge in [0.05, 0.1) is 26.1 Å². The van der Waals surface area contributed by atoms with Gasteiger partial charge >= 0.3 is 0 Å². The lowest BCUT2D eigenvalue weighted by Gasteiger charge is -2.31. The number of primary amides is 3. The third-order valence-corrected chi connectivity index (χ3v) is 14.3. The van der Waals surface area contributed by atoms with Crippen molar-refractivity contribution in [2.45, 2.75) is 113 Å². The zero-order valence-corrected chi connectivity index (χ0v) is 42.6. The fourth-order valence-electron chi connectivity index (χ4n) is 7.92. The molecule has 0 spiro atoms. The molecule has 11 amide bonds. The molecule has 0 bridgehead atoms. The normalized spacial score (nSPS) is 22.8. The fourth-order valence-corrected chi connectivity index (χ4v) is 10.2. The van der Waals surface area contributed by atoms with E-state index in [4.69, 9.17) is 33.4 Å². The van der Waals surface area contributed by atoms with Gasteiger partial charge in [-0.05, 0) is 68.3 Å². The van der Waals surface area contributed by atoms with Crippen LogP contribution in [0.25, 0.3) is 0 Å². The number of carbonyl (C=O) groups is 11. The van der Waals surface area contributed by atoms with Gasteiger partial charge in [-0.1, -0.05) is 64.1 Å². The molecule has 8 atom stereocenters. The van der Waals surface area contributed by atoms with Crippen LogP contribution in [0.15, 0.2) is 54.6 Å². The first-order chi connectivity index (χ1) is 35.3. The molecule has 2 aromatic carbocycles. The molecular formula is C47H67N13O12S2. The van der Waals surface area contributed by atoms with Gasteiger partial charge in [0.25, 0.3) is 0 Å². The van der Waals surface area contributed by atoms with Crippen molar-refractivity contribution in [1.29, 1.82) is 0 Å². The average Bonchev–Trinajstić information content (AvgIpc) is 3.87. The van der Waals surface area contributed by atoms with Gasteiger partial charge in [-0.2, -0.15) is 0 Å². The molecule has 27 heteroatoms. The fraction of sp³-hybridized carbons (Fsp3) is 0.511. The molecule has 0 radical (unpaired) electrons. The molecular weight excluding hydrogens is 1000 g/mol. The Labute approximate surface area is 435 Å². The van der Waals surface area contributed by atoms with Crippen molar-refractivity contribution in [3.05, 3.63) is 65.7 Å². The number of rotatable bonds is 20. The molecule has 25 nitrogen and oxygen atoms in total. The van der Waals surface area contributed by atoms with Crippen LogP contribution in [0.4, 0.5) is 0 Å². The lowest BCUT2D eigenvalue weighted by molar-refractivity contribution is -0.142. The van der Waals surface area contributed by atoms with E-state index in [1.54, 1.807) is 54.6 Å². The Morgan fingerprint density at radius 3 is 1.91 bits per heavy atom. The minimum Gasteiger partial charge on any atom is -0.497 e. The predicted octanol–water partition coefficient (Wildman–Crippen LogP) is -4.03. The topological polar surface area (TPSA) is 415 Å². The van der Waals surface area contributed by atoms with Crippen LogP contribution in [0.2, 0.25) is 0 Å². The highest BCUT2D eigenvalue weighted by Crippen LogP contribution is 2.26. The summed E-state index contributed by atoms with van der Waals surface area (Å²) < 4.78 is 5.27. The van der Waals surface area contributed by atoms with Gasteiger partial charge in [0.2, 0.25) is 65.0 Å². The third-order valence-electron chi connectivity index (χ3n) is 11.9. The summed E-state index contributed by atoms with van der Waals surface area (Å²) in [5.74, 6) is -9.26. The van der Waals surface area contributed by atoms with Gasteiger partial charge in [0.15, 0.2) is 0 Å². The monoisotopic (exact) mass is 1070 g/mol. The molecule has 74 heavy (non-hydrogen) atoms. The number of nitrogens with two attached hydrogens (primary N) is 5. The number of ether oxygens (including phenoxy) is 1. The molecule has 17 N–H and O–H groups in total. The summed E-state index contributed by atoms with van der Waals surface area (Å²) in [7, 11) is 3.54. The van der Waals surface area contributed by atoms with Crippen LogP contribution in [0.1, 0.15) is 62.5 Å². The van der Waals surface area contributed by atoms with Crippen LogP contribution >= 0.6 is 21.6 Å². The van der Waals surface area contributed by atoms with E-state index in [2.05, 4.69) is 37.2 Å². The smallest absolute Gasteiger partial charge is 0.246 e. The first-order valence-corrected chi connectivity index (χ1v) is 26.4. The van der Waals surface area contributed by atoms with Crippen LogP contribution in [0.3, 0.4) is 0 Å². The van der Waals surface area contributed by atoms with Crippen LogP contribution in [0, 0.1) is 0 Å². The minimum atomic E-state index is -1.77. The second-order valence-corrected chi connectivity index (χ2v) is 20.2. The van der Waals surface area contributed by atoms with E-state index >= 15 is 0 Å². The summed E-state index contributed by atoms with van der Waals surface area (Å²) in [6, 6.07) is 4.14. The number of hydrogen-bond donors (Lipinski definition) is 12. The van der Waals surface area contributed by atoms with Gasteiger partial charge in [-0.15, -0.1) is 0 Å². The summed E-state index contributed by atoms with van der Waals surface area (Å²) in [6.07, 6.45) is -0.260. The molecule has 4 rings (SSSR count). The van der Waals surface area contributed by atoms with E-state index in [1.807, 2.05) is 0 Å². The molecule has 0 aromatic heterocycles. The largest absolute Gasteiger partial charge is 0.497 e. The van der Waals surface area contributed by atoms with Gasteiger partial charge in [-0.25, -0.2) is 0 Å². The minimum absolute atomic E-state index is 0.0388. The first kappa shape index (κ1) is 59.6. The highest BCUT2D eigenvalue weighted by atomic mass is 33.1. The number of amides is 11. The lowest BCUT2D eigenvalue weighted by atomic mass is 10.0. The third kappa shape index (κ3) is 19.5. The van der Waals surface area contributed by atoms with E-state index in [-0.39, 0.29) is 43.7 Å². The van der Waals surface area contributed by atoms with Crippen LogP contribution < -0.4 is 70.6 Å². The highest BCUT2D eigenvalue weighted by Gasteiger charge is 2.40. The van der Waals surface area contributed by atoms with Crippen LogP contribution in [0.5, 0.6) is 5.75 Å². The van der Waals surface area contributed by atoms with E-state index in [0.29, 0.717) is 42.7 Å². The highest BCUT2D eigenvalue weighted by molar-refractivity contribution is 8.76. The molecule has 2 aromatic rings. The molecule has 0 unspecified atom stereocenters. The van der Waals surface area contributed by atoms with Gasteiger partial charge in [0, 0.05) is 37.3 Å². The number of carbonyl (C=O) groups excluding carboxylic acids is 11. The maximum atomic E-state index is 14.6. The maximum absolute atomic E-state index is 14.6. The molecule has 2 heterocycles. The standard InChI is InChI=1S/C47H67N13O12S2/c1-72-28-14-12-27(13-15-28)21-32-44(68)57-33(20-26-8-3-2-4-9-26)43(67)54-31(16-17-37(50)61)42(66)58-34(22-38(51)62)45(69)59-35(25-74-73-24-29(49)40(64)56-32)47(71)60-19-7-11-36(60)46(70)55-30(10-5-6-18-48)41(65)53-23-39(52)63/h2-4,8-9,12-15,29-36H,5-7,10-11,16-25,48-49H2,1H3,(H2,50,61)(H2,51,62)(H2,52,63)(H,53,65)(H,54,67)(H,55,70)(H,56,64)(H,57,68)(H,58,66)(H,59,69)/t29-,30-,31-,32-,33-,34-,35-,36-/m0/s1. The van der Waals surface area contributed by atoms with Crippen LogP contribution in [-0.2, 0) is 65.6 Å².